The van der Waals surface area contributed by atoms with Crippen LogP contribution in [0.25, 0.3) is 28.0 Å². The fourth-order valence-corrected chi connectivity index (χ4v) is 9.80. The minimum Gasteiger partial charge on any atom is -0.408 e. The summed E-state index contributed by atoms with van der Waals surface area (Å²) >= 11 is 0. The molecule has 0 bridgehead atoms. The Bertz CT molecular complexity index is 2580. The summed E-state index contributed by atoms with van der Waals surface area (Å²) in [5.41, 5.74) is 3.28. The first-order valence-corrected chi connectivity index (χ1v) is 21.9. The van der Waals surface area contributed by atoms with Gasteiger partial charge in [0.2, 0.25) is 23.7 Å². The number of carbonyl (C=O) groups is 3. The molecule has 2 unspecified atom stereocenters. The molecule has 3 amide bonds. The number of fused-ring (bicyclic) bond motifs is 1. The summed E-state index contributed by atoms with van der Waals surface area (Å²) in [5.74, 6) is -0.526. The molecule has 2 atom stereocenters. The maximum atomic E-state index is 15.0. The summed E-state index contributed by atoms with van der Waals surface area (Å²) in [6.45, 7) is 8.08. The van der Waals surface area contributed by atoms with Crippen molar-refractivity contribution in [2.45, 2.75) is 82.3 Å². The highest BCUT2D eigenvalue weighted by Crippen LogP contribution is 2.33. The third kappa shape index (κ3) is 8.71. The normalized spacial score (nSPS) is 20.7. The third-order valence-electron chi connectivity index (χ3n) is 13.4. The Kier molecular flexibility index (Phi) is 11.9. The van der Waals surface area contributed by atoms with E-state index >= 15 is 4.39 Å². The van der Waals surface area contributed by atoms with Crippen molar-refractivity contribution in [3.05, 3.63) is 105 Å². The van der Waals surface area contributed by atoms with Gasteiger partial charge in [-0.25, -0.2) is 19.2 Å². The summed E-state index contributed by atoms with van der Waals surface area (Å²) < 4.78 is 23.5. The van der Waals surface area contributed by atoms with Crippen molar-refractivity contribution in [1.29, 1.82) is 0 Å². The third-order valence-corrected chi connectivity index (χ3v) is 13.4. The topological polar surface area (TPSA) is 168 Å². The first-order valence-electron chi connectivity index (χ1n) is 21.9. The second kappa shape index (κ2) is 17.8. The van der Waals surface area contributed by atoms with Crippen molar-refractivity contribution in [1.82, 2.24) is 39.1 Å². The number of nitrogens with one attached hydrogen (secondary N) is 2. The fourth-order valence-electron chi connectivity index (χ4n) is 9.80. The zero-order valence-electron chi connectivity index (χ0n) is 34.9. The molecule has 324 valence electrons. The number of imide groups is 1. The molecule has 2 N–H and O–H groups in total. The summed E-state index contributed by atoms with van der Waals surface area (Å²) in [5, 5.41) is 5.69. The lowest BCUT2D eigenvalue weighted by molar-refractivity contribution is -0.138. The fraction of sp³-hybridized carbons (Fsp3) is 0.457. The van der Waals surface area contributed by atoms with Gasteiger partial charge in [0.05, 0.1) is 17.8 Å². The number of oxazole rings is 1. The predicted molar refractivity (Wildman–Crippen MR) is 230 cm³/mol. The monoisotopic (exact) mass is 845 g/mol. The van der Waals surface area contributed by atoms with Crippen LogP contribution in [0.4, 0.5) is 10.3 Å². The Hall–Kier alpha value is -6.00. The Morgan fingerprint density at radius 2 is 1.69 bits per heavy atom. The molecule has 62 heavy (non-hydrogen) atoms. The van der Waals surface area contributed by atoms with Crippen molar-refractivity contribution in [3.63, 3.8) is 0 Å². The number of pyridine rings is 1. The standard InChI is InChI=1S/C46H52FN9O6/c1-29(44(60)54-23-16-34(17-24-54)49-45-48-27-36(47)42(51-45)33-5-4-6-35(25-33)55-18-3-2-7-41(55)58)53-21-12-30(13-22-53)28-52-19-14-31(15-20-52)32-8-9-37-39(26-32)62-46(61)56(37)38-10-11-40(57)50-43(38)59/h2-9,18,25-27,29-31,34,38H,10-17,19-24,28H2,1H3,(H,48,49,51)(H,50,57,59). The Morgan fingerprint density at radius 3 is 2.45 bits per heavy atom. The molecular weight excluding hydrogens is 794 g/mol. The number of rotatable bonds is 10. The number of hydrogen-bond acceptors (Lipinski definition) is 11. The van der Waals surface area contributed by atoms with Crippen LogP contribution < -0.4 is 21.9 Å². The molecule has 5 aromatic rings. The molecule has 0 aliphatic carbocycles. The van der Waals surface area contributed by atoms with Crippen LogP contribution in [0.2, 0.25) is 0 Å². The van der Waals surface area contributed by atoms with E-state index in [9.17, 15) is 24.0 Å². The number of carbonyl (C=O) groups excluding carboxylic acids is 3. The van der Waals surface area contributed by atoms with E-state index in [1.807, 2.05) is 30.0 Å². The molecule has 3 aromatic heterocycles. The molecule has 4 saturated heterocycles. The number of nitrogens with zero attached hydrogens (tertiary/aromatic N) is 7. The summed E-state index contributed by atoms with van der Waals surface area (Å²) in [6.07, 6.45) is 8.86. The molecule has 0 spiro atoms. The van der Waals surface area contributed by atoms with E-state index in [2.05, 4.69) is 30.4 Å². The molecule has 16 heteroatoms. The van der Waals surface area contributed by atoms with Gasteiger partial charge in [-0.15, -0.1) is 0 Å². The molecule has 7 heterocycles. The Morgan fingerprint density at radius 1 is 0.903 bits per heavy atom. The molecule has 4 aliphatic rings. The summed E-state index contributed by atoms with van der Waals surface area (Å²) in [7, 11) is 0. The van der Waals surface area contributed by atoms with E-state index in [0.29, 0.717) is 53.2 Å². The number of aromatic nitrogens is 4. The minimum absolute atomic E-state index is 0.0358. The van der Waals surface area contributed by atoms with E-state index in [-0.39, 0.29) is 48.0 Å². The molecule has 2 aromatic carbocycles. The van der Waals surface area contributed by atoms with E-state index in [4.69, 9.17) is 4.42 Å². The van der Waals surface area contributed by atoms with Gasteiger partial charge in [-0.2, -0.15) is 0 Å². The second-order valence-corrected chi connectivity index (χ2v) is 17.3. The molecule has 15 nitrogen and oxygen atoms in total. The van der Waals surface area contributed by atoms with Crippen LogP contribution in [-0.2, 0) is 14.4 Å². The van der Waals surface area contributed by atoms with Gasteiger partial charge in [0, 0.05) is 55.6 Å². The van der Waals surface area contributed by atoms with E-state index < -0.39 is 23.5 Å². The quantitative estimate of drug-likeness (QED) is 0.187. The van der Waals surface area contributed by atoms with Crippen molar-refractivity contribution >= 4 is 34.8 Å². The SMILES string of the molecule is CC(C(=O)N1CCC(Nc2ncc(F)c(-c3cccc(-n4ccccc4=O)c3)n2)CC1)N1CCC(CN2CCC(c3ccc4c(c3)oc(=O)n4C3CCC(=O)NC3=O)CC2)CC1. The smallest absolute Gasteiger partial charge is 0.408 e. The average Bonchev–Trinajstić information content (AvgIpc) is 3.62. The van der Waals surface area contributed by atoms with Crippen molar-refractivity contribution in [2.24, 2.45) is 5.92 Å². The van der Waals surface area contributed by atoms with Gasteiger partial charge in [0.25, 0.3) is 5.56 Å². The molecule has 0 saturated carbocycles. The van der Waals surface area contributed by atoms with Crippen molar-refractivity contribution < 1.29 is 23.2 Å². The van der Waals surface area contributed by atoms with Crippen LogP contribution in [0.5, 0.6) is 0 Å². The number of piperidine rings is 4. The lowest BCUT2D eigenvalue weighted by Gasteiger charge is -2.41. The number of hydrogen-bond donors (Lipinski definition) is 2. The predicted octanol–water partition coefficient (Wildman–Crippen LogP) is 4.70. The minimum atomic E-state index is -0.755. The van der Waals surface area contributed by atoms with E-state index in [1.165, 1.54) is 15.2 Å². The van der Waals surface area contributed by atoms with Gasteiger partial charge in [-0.3, -0.25) is 38.5 Å². The van der Waals surface area contributed by atoms with Gasteiger partial charge >= 0.3 is 5.76 Å². The molecule has 4 fully saturated rings. The van der Waals surface area contributed by atoms with Crippen molar-refractivity contribution in [2.75, 3.05) is 51.1 Å². The maximum Gasteiger partial charge on any atom is 0.420 e. The molecular formula is C46H52FN9O6. The van der Waals surface area contributed by atoms with Crippen molar-refractivity contribution in [3.8, 4) is 16.9 Å². The van der Waals surface area contributed by atoms with Gasteiger partial charge in [-0.05, 0) is 126 Å². The van der Waals surface area contributed by atoms with Gasteiger partial charge in [0.15, 0.2) is 11.4 Å². The number of likely N-dealkylation sites (tertiary alicyclic amines) is 3. The molecule has 0 radical (unpaired) electrons. The lowest BCUT2D eigenvalue weighted by Crippen LogP contribution is -2.53. The Labute approximate surface area is 357 Å². The van der Waals surface area contributed by atoms with E-state index in [0.717, 1.165) is 83.0 Å². The first kappa shape index (κ1) is 41.4. The van der Waals surface area contributed by atoms with E-state index in [1.54, 1.807) is 42.6 Å². The highest BCUT2D eigenvalue weighted by Gasteiger charge is 2.34. The Balaban J connectivity index is 0.716. The highest BCUT2D eigenvalue weighted by atomic mass is 19.1. The number of benzene rings is 2. The maximum absolute atomic E-state index is 15.0. The zero-order chi connectivity index (χ0) is 42.9. The number of halogens is 1. The van der Waals surface area contributed by atoms with Crippen LogP contribution in [-0.4, -0.2) is 109 Å². The van der Waals surface area contributed by atoms with Crippen LogP contribution in [0, 0.1) is 11.7 Å². The summed E-state index contributed by atoms with van der Waals surface area (Å²) in [4.78, 5) is 78.6. The first-order chi connectivity index (χ1) is 30.1. The van der Waals surface area contributed by atoms with Gasteiger partial charge in [0.1, 0.15) is 11.7 Å². The highest BCUT2D eigenvalue weighted by molar-refractivity contribution is 6.00. The van der Waals surface area contributed by atoms with Crippen LogP contribution in [0.15, 0.2) is 87.1 Å². The van der Waals surface area contributed by atoms with Crippen LogP contribution in [0.1, 0.15) is 75.8 Å². The average molecular weight is 846 g/mol. The number of amides is 3. The molecule has 4 aliphatic heterocycles. The van der Waals surface area contributed by atoms with Crippen LogP contribution in [0.3, 0.4) is 0 Å². The van der Waals surface area contributed by atoms with Crippen LogP contribution >= 0.6 is 0 Å². The zero-order valence-corrected chi connectivity index (χ0v) is 34.9. The lowest BCUT2D eigenvalue weighted by atomic mass is 9.88. The largest absolute Gasteiger partial charge is 0.420 e. The second-order valence-electron chi connectivity index (χ2n) is 17.3. The van der Waals surface area contributed by atoms with Gasteiger partial charge < -0.3 is 19.5 Å². The van der Waals surface area contributed by atoms with Gasteiger partial charge in [-0.1, -0.05) is 24.3 Å². The molecule has 9 rings (SSSR count). The summed E-state index contributed by atoms with van der Waals surface area (Å²) in [6, 6.07) is 16.9. The number of anilines is 1.